The minimum atomic E-state index is 0.00719. The lowest BCUT2D eigenvalue weighted by atomic mass is 10.1. The van der Waals surface area contributed by atoms with Crippen LogP contribution in [0.15, 0.2) is 24.3 Å². The summed E-state index contributed by atoms with van der Waals surface area (Å²) >= 11 is 5.31. The lowest BCUT2D eigenvalue weighted by Gasteiger charge is -2.16. The molecular formula is C18H24N4OS. The topological polar surface area (TPSA) is 62.7 Å². The maximum atomic E-state index is 12.5. The summed E-state index contributed by atoms with van der Waals surface area (Å²) in [6.07, 6.45) is 7.10. The zero-order chi connectivity index (χ0) is 16.9. The van der Waals surface area contributed by atoms with Crippen LogP contribution in [0.2, 0.25) is 0 Å². The number of H-pyrrole nitrogens is 1. The van der Waals surface area contributed by atoms with Crippen molar-refractivity contribution in [2.24, 2.45) is 0 Å². The second kappa shape index (κ2) is 7.75. The highest BCUT2D eigenvalue weighted by Gasteiger charge is 2.17. The van der Waals surface area contributed by atoms with Crippen molar-refractivity contribution in [2.45, 2.75) is 58.0 Å². The Hall–Kier alpha value is -1.95. The average Bonchev–Trinajstić information content (AvgIpc) is 2.76. The molecule has 1 heterocycles. The Kier molecular flexibility index (Phi) is 5.45. The average molecular weight is 344 g/mol. The van der Waals surface area contributed by atoms with Crippen molar-refractivity contribution in [1.82, 2.24) is 20.1 Å². The highest BCUT2D eigenvalue weighted by atomic mass is 32.1. The van der Waals surface area contributed by atoms with E-state index in [4.69, 9.17) is 12.2 Å². The number of nitrogens with one attached hydrogen (secondary N) is 2. The first-order chi connectivity index (χ1) is 11.6. The lowest BCUT2D eigenvalue weighted by Crippen LogP contribution is -2.36. The van der Waals surface area contributed by atoms with Gasteiger partial charge in [0.2, 0.25) is 5.91 Å². The van der Waals surface area contributed by atoms with Crippen LogP contribution in [0.25, 0.3) is 11.4 Å². The summed E-state index contributed by atoms with van der Waals surface area (Å²) in [5, 5.41) is 10.3. The predicted octanol–water partition coefficient (Wildman–Crippen LogP) is 3.76. The summed E-state index contributed by atoms with van der Waals surface area (Å²) in [7, 11) is 0. The van der Waals surface area contributed by atoms with Gasteiger partial charge in [-0.25, -0.2) is 0 Å². The number of aryl methyl sites for hydroxylation is 1. The standard InChI is InChI=1S/C18H24N4OS/c1-13-8-10-14(11-9-13)17-20-21-18(24)22(17)12-16(23)19-15-6-4-2-3-5-7-15/h8-11,15H,2-7,12H2,1H3,(H,19,23)(H,21,24). The largest absolute Gasteiger partial charge is 0.352 e. The number of hydrogen-bond donors (Lipinski definition) is 2. The van der Waals surface area contributed by atoms with Crippen LogP contribution < -0.4 is 5.32 Å². The Morgan fingerprint density at radius 1 is 1.25 bits per heavy atom. The molecule has 6 heteroatoms. The van der Waals surface area contributed by atoms with Gasteiger partial charge in [0.25, 0.3) is 0 Å². The van der Waals surface area contributed by atoms with Crippen LogP contribution >= 0.6 is 12.2 Å². The van der Waals surface area contributed by atoms with Crippen LogP contribution in [0.3, 0.4) is 0 Å². The van der Waals surface area contributed by atoms with Gasteiger partial charge in [0.15, 0.2) is 10.6 Å². The molecule has 1 fully saturated rings. The molecule has 128 valence electrons. The quantitative estimate of drug-likeness (QED) is 0.656. The van der Waals surface area contributed by atoms with Gasteiger partial charge in [-0.1, -0.05) is 55.5 Å². The molecule has 1 aromatic heterocycles. The third-order valence-corrected chi connectivity index (χ3v) is 4.90. The smallest absolute Gasteiger partial charge is 0.240 e. The van der Waals surface area contributed by atoms with Gasteiger partial charge in [0.05, 0.1) is 0 Å². The Balaban J connectivity index is 1.72. The van der Waals surface area contributed by atoms with Crippen LogP contribution in [0.5, 0.6) is 0 Å². The van der Waals surface area contributed by atoms with E-state index in [1.165, 1.54) is 31.2 Å². The molecule has 0 unspecified atom stereocenters. The molecule has 1 aromatic carbocycles. The monoisotopic (exact) mass is 344 g/mol. The molecule has 1 amide bonds. The molecule has 0 aliphatic heterocycles. The lowest BCUT2D eigenvalue weighted by molar-refractivity contribution is -0.122. The van der Waals surface area contributed by atoms with Gasteiger partial charge >= 0.3 is 0 Å². The molecule has 0 saturated heterocycles. The van der Waals surface area contributed by atoms with E-state index in [1.54, 1.807) is 4.57 Å². The van der Waals surface area contributed by atoms with E-state index < -0.39 is 0 Å². The van der Waals surface area contributed by atoms with Gasteiger partial charge in [-0.3, -0.25) is 14.5 Å². The maximum absolute atomic E-state index is 12.5. The van der Waals surface area contributed by atoms with Crippen molar-refractivity contribution < 1.29 is 4.79 Å². The molecule has 3 rings (SSSR count). The molecule has 1 aliphatic rings. The Labute approximate surface area is 147 Å². The molecule has 0 atom stereocenters. The van der Waals surface area contributed by atoms with E-state index in [1.807, 2.05) is 31.2 Å². The Bertz CT molecular complexity index is 739. The van der Waals surface area contributed by atoms with Gasteiger partial charge in [-0.05, 0) is 32.0 Å². The van der Waals surface area contributed by atoms with Crippen molar-refractivity contribution in [2.75, 3.05) is 0 Å². The van der Waals surface area contributed by atoms with Crippen LogP contribution in [0.4, 0.5) is 0 Å². The number of carbonyl (C=O) groups is 1. The number of hydrogen-bond acceptors (Lipinski definition) is 3. The third-order valence-electron chi connectivity index (χ3n) is 4.59. The summed E-state index contributed by atoms with van der Waals surface area (Å²) < 4.78 is 2.24. The van der Waals surface area contributed by atoms with Crippen molar-refractivity contribution >= 4 is 18.1 Å². The molecule has 1 aliphatic carbocycles. The zero-order valence-corrected chi connectivity index (χ0v) is 14.9. The number of aromatic amines is 1. The number of benzene rings is 1. The van der Waals surface area contributed by atoms with Crippen LogP contribution in [-0.2, 0) is 11.3 Å². The fraction of sp³-hybridized carbons (Fsp3) is 0.500. The third kappa shape index (κ3) is 4.12. The summed E-state index contributed by atoms with van der Waals surface area (Å²) in [5.74, 6) is 0.712. The first kappa shape index (κ1) is 16.9. The first-order valence-electron chi connectivity index (χ1n) is 8.65. The van der Waals surface area contributed by atoms with E-state index in [2.05, 4.69) is 15.5 Å². The molecule has 2 N–H and O–H groups in total. The van der Waals surface area contributed by atoms with Gasteiger partial charge < -0.3 is 5.32 Å². The molecule has 2 aromatic rings. The van der Waals surface area contributed by atoms with E-state index in [0.717, 1.165) is 18.4 Å². The Morgan fingerprint density at radius 3 is 2.58 bits per heavy atom. The summed E-state index contributed by atoms with van der Waals surface area (Å²) in [4.78, 5) is 12.5. The highest BCUT2D eigenvalue weighted by molar-refractivity contribution is 7.71. The second-order valence-electron chi connectivity index (χ2n) is 6.56. The van der Waals surface area contributed by atoms with Crippen molar-refractivity contribution in [3.8, 4) is 11.4 Å². The highest BCUT2D eigenvalue weighted by Crippen LogP contribution is 2.19. The van der Waals surface area contributed by atoms with Crippen molar-refractivity contribution in [3.05, 3.63) is 34.6 Å². The number of rotatable bonds is 4. The predicted molar refractivity (Wildman–Crippen MR) is 97.2 cm³/mol. The second-order valence-corrected chi connectivity index (χ2v) is 6.95. The fourth-order valence-electron chi connectivity index (χ4n) is 3.23. The van der Waals surface area contributed by atoms with Gasteiger partial charge in [-0.2, -0.15) is 5.10 Å². The minimum absolute atomic E-state index is 0.00719. The normalized spacial score (nSPS) is 15.9. The van der Waals surface area contributed by atoms with E-state index >= 15 is 0 Å². The van der Waals surface area contributed by atoms with E-state index in [9.17, 15) is 4.79 Å². The van der Waals surface area contributed by atoms with Crippen molar-refractivity contribution in [3.63, 3.8) is 0 Å². The SMILES string of the molecule is Cc1ccc(-c2n[nH]c(=S)n2CC(=O)NC2CCCCCC2)cc1. The summed E-state index contributed by atoms with van der Waals surface area (Å²) in [6.45, 7) is 2.25. The number of nitrogens with zero attached hydrogens (tertiary/aromatic N) is 2. The molecule has 5 nitrogen and oxygen atoms in total. The molecule has 24 heavy (non-hydrogen) atoms. The number of amides is 1. The molecule has 0 bridgehead atoms. The molecule has 1 saturated carbocycles. The maximum Gasteiger partial charge on any atom is 0.240 e. The van der Waals surface area contributed by atoms with Gasteiger partial charge in [0, 0.05) is 11.6 Å². The zero-order valence-electron chi connectivity index (χ0n) is 14.0. The van der Waals surface area contributed by atoms with Gasteiger partial charge in [-0.15, -0.1) is 0 Å². The van der Waals surface area contributed by atoms with E-state index in [0.29, 0.717) is 16.6 Å². The molecule has 0 spiro atoms. The van der Waals surface area contributed by atoms with Crippen molar-refractivity contribution in [1.29, 1.82) is 0 Å². The fourth-order valence-corrected chi connectivity index (χ4v) is 3.42. The van der Waals surface area contributed by atoms with Crippen LogP contribution in [-0.4, -0.2) is 26.7 Å². The summed E-state index contributed by atoms with van der Waals surface area (Å²) in [6, 6.07) is 8.36. The molecular weight excluding hydrogens is 320 g/mol. The first-order valence-corrected chi connectivity index (χ1v) is 9.06. The van der Waals surface area contributed by atoms with Crippen LogP contribution in [0, 0.1) is 11.7 Å². The van der Waals surface area contributed by atoms with E-state index in [-0.39, 0.29) is 12.5 Å². The van der Waals surface area contributed by atoms with Gasteiger partial charge in [0.1, 0.15) is 6.54 Å². The number of aromatic nitrogens is 3. The minimum Gasteiger partial charge on any atom is -0.352 e. The van der Waals surface area contributed by atoms with Crippen LogP contribution in [0.1, 0.15) is 44.1 Å². The number of carbonyl (C=O) groups excluding carboxylic acids is 1. The molecule has 0 radical (unpaired) electrons. The summed E-state index contributed by atoms with van der Waals surface area (Å²) in [5.41, 5.74) is 2.14. The Morgan fingerprint density at radius 2 is 1.92 bits per heavy atom.